The number of hydrogen-bond donors (Lipinski definition) is 1. The summed E-state index contributed by atoms with van der Waals surface area (Å²) in [6, 6.07) is -0.667. The van der Waals surface area contributed by atoms with Gasteiger partial charge >= 0.3 is 5.97 Å². The van der Waals surface area contributed by atoms with Crippen LogP contribution in [0.3, 0.4) is 0 Å². The number of aliphatic imine (C=N–C) groups is 1. The first-order valence-electron chi connectivity index (χ1n) is 6.78. The van der Waals surface area contributed by atoms with E-state index < -0.39 is 12.0 Å². The Hall–Kier alpha value is -0.940. The van der Waals surface area contributed by atoms with Gasteiger partial charge in [-0.05, 0) is 12.3 Å². The maximum absolute atomic E-state index is 11.0. The molecule has 1 N–H and O–H groups in total. The second-order valence-electron chi connectivity index (χ2n) is 6.27. The summed E-state index contributed by atoms with van der Waals surface area (Å²) in [6.07, 6.45) is 2.36. The first kappa shape index (κ1) is 16.1. The van der Waals surface area contributed by atoms with Crippen LogP contribution in [0, 0.1) is 11.3 Å². The third-order valence-corrected chi connectivity index (χ3v) is 2.88. The zero-order valence-electron chi connectivity index (χ0n) is 12.3. The summed E-state index contributed by atoms with van der Waals surface area (Å²) in [7, 11) is 0. The molecule has 0 spiro atoms. The quantitative estimate of drug-likeness (QED) is 0.753. The molecule has 0 aromatic rings. The average Bonchev–Trinajstić information content (AvgIpc) is 2.29. The van der Waals surface area contributed by atoms with E-state index in [1.807, 2.05) is 13.8 Å². The molecule has 0 unspecified atom stereocenters. The Morgan fingerprint density at radius 3 is 2.47 bits per heavy atom. The molecule has 1 heterocycles. The standard InChI is InChI=1S/C14H25NO4/c1-10(2)7-11(13(16)17)15-6-5-12-18-8-14(3,4)9-19-12/h6,10-12H,5,7-9H2,1-4H3,(H,16,17)/t11-/m0/s1. The Bertz CT molecular complexity index is 315. The van der Waals surface area contributed by atoms with E-state index in [1.165, 1.54) is 0 Å². The molecule has 0 saturated carbocycles. The summed E-state index contributed by atoms with van der Waals surface area (Å²) < 4.78 is 11.1. The lowest BCUT2D eigenvalue weighted by molar-refractivity contribution is -0.217. The van der Waals surface area contributed by atoms with Gasteiger partial charge in [0.1, 0.15) is 6.04 Å². The van der Waals surface area contributed by atoms with E-state index in [1.54, 1.807) is 6.21 Å². The number of carboxylic acids is 1. The molecule has 0 radical (unpaired) electrons. The molecule has 5 nitrogen and oxygen atoms in total. The van der Waals surface area contributed by atoms with E-state index >= 15 is 0 Å². The largest absolute Gasteiger partial charge is 0.480 e. The van der Waals surface area contributed by atoms with Crippen LogP contribution in [0.4, 0.5) is 0 Å². The molecule has 1 atom stereocenters. The van der Waals surface area contributed by atoms with Gasteiger partial charge in [-0.2, -0.15) is 0 Å². The van der Waals surface area contributed by atoms with Crippen LogP contribution in [-0.4, -0.2) is 42.8 Å². The van der Waals surface area contributed by atoms with Gasteiger partial charge in [0, 0.05) is 18.1 Å². The molecule has 19 heavy (non-hydrogen) atoms. The van der Waals surface area contributed by atoms with Crippen molar-refractivity contribution in [2.24, 2.45) is 16.3 Å². The van der Waals surface area contributed by atoms with Gasteiger partial charge < -0.3 is 14.6 Å². The van der Waals surface area contributed by atoms with Crippen molar-refractivity contribution in [2.75, 3.05) is 13.2 Å². The maximum atomic E-state index is 11.0. The maximum Gasteiger partial charge on any atom is 0.328 e. The molecular weight excluding hydrogens is 246 g/mol. The third kappa shape index (κ3) is 6.16. The van der Waals surface area contributed by atoms with Gasteiger partial charge in [-0.15, -0.1) is 0 Å². The van der Waals surface area contributed by atoms with Crippen LogP contribution in [-0.2, 0) is 14.3 Å². The lowest BCUT2D eigenvalue weighted by Crippen LogP contribution is -2.37. The lowest BCUT2D eigenvalue weighted by Gasteiger charge is -2.34. The normalized spacial score (nSPS) is 21.9. The molecule has 1 aliphatic rings. The highest BCUT2D eigenvalue weighted by Gasteiger charge is 2.27. The Balaban J connectivity index is 2.38. The zero-order valence-corrected chi connectivity index (χ0v) is 12.3. The fourth-order valence-corrected chi connectivity index (χ4v) is 1.81. The minimum atomic E-state index is -0.878. The van der Waals surface area contributed by atoms with Gasteiger partial charge in [0.2, 0.25) is 0 Å². The average molecular weight is 271 g/mol. The minimum Gasteiger partial charge on any atom is -0.480 e. The highest BCUT2D eigenvalue weighted by atomic mass is 16.7. The van der Waals surface area contributed by atoms with Crippen molar-refractivity contribution in [1.29, 1.82) is 0 Å². The van der Waals surface area contributed by atoms with E-state index in [4.69, 9.17) is 14.6 Å². The Morgan fingerprint density at radius 2 is 2.00 bits per heavy atom. The molecule has 0 aromatic heterocycles. The lowest BCUT2D eigenvalue weighted by atomic mass is 9.95. The number of aliphatic carboxylic acids is 1. The van der Waals surface area contributed by atoms with E-state index in [0.29, 0.717) is 32.0 Å². The van der Waals surface area contributed by atoms with Gasteiger partial charge in [-0.1, -0.05) is 27.7 Å². The number of hydrogen-bond acceptors (Lipinski definition) is 4. The van der Waals surface area contributed by atoms with Crippen LogP contribution in [0.2, 0.25) is 0 Å². The first-order valence-corrected chi connectivity index (χ1v) is 6.78. The van der Waals surface area contributed by atoms with Crippen molar-refractivity contribution in [2.45, 2.75) is 52.9 Å². The second kappa shape index (κ2) is 7.01. The highest BCUT2D eigenvalue weighted by Crippen LogP contribution is 2.23. The minimum absolute atomic E-state index is 0.0505. The number of ether oxygens (including phenoxy) is 2. The zero-order chi connectivity index (χ0) is 14.5. The summed E-state index contributed by atoms with van der Waals surface area (Å²) in [5.41, 5.74) is 0.0505. The van der Waals surface area contributed by atoms with Crippen LogP contribution in [0.15, 0.2) is 4.99 Å². The van der Waals surface area contributed by atoms with Crippen molar-refractivity contribution >= 4 is 12.2 Å². The number of nitrogens with zero attached hydrogens (tertiary/aromatic N) is 1. The van der Waals surface area contributed by atoms with E-state index in [2.05, 4.69) is 18.8 Å². The third-order valence-electron chi connectivity index (χ3n) is 2.88. The Morgan fingerprint density at radius 1 is 1.42 bits per heavy atom. The fraction of sp³-hybridized carbons (Fsp3) is 0.857. The predicted molar refractivity (Wildman–Crippen MR) is 73.5 cm³/mol. The molecule has 110 valence electrons. The first-order chi connectivity index (χ1) is 8.80. The highest BCUT2D eigenvalue weighted by molar-refractivity contribution is 5.76. The summed E-state index contributed by atoms with van der Waals surface area (Å²) >= 11 is 0. The summed E-state index contributed by atoms with van der Waals surface area (Å²) in [5, 5.41) is 9.05. The fourth-order valence-electron chi connectivity index (χ4n) is 1.81. The number of rotatable bonds is 6. The number of carboxylic acid groups (broad SMARTS) is 1. The van der Waals surface area contributed by atoms with Crippen molar-refractivity contribution in [1.82, 2.24) is 0 Å². The van der Waals surface area contributed by atoms with Gasteiger partial charge in [-0.3, -0.25) is 4.99 Å². The van der Waals surface area contributed by atoms with Crippen LogP contribution < -0.4 is 0 Å². The van der Waals surface area contributed by atoms with Crippen molar-refractivity contribution in [3.63, 3.8) is 0 Å². The molecule has 1 fully saturated rings. The second-order valence-corrected chi connectivity index (χ2v) is 6.27. The van der Waals surface area contributed by atoms with Crippen LogP contribution in [0.25, 0.3) is 0 Å². The van der Waals surface area contributed by atoms with E-state index in [0.717, 1.165) is 0 Å². The molecule has 1 saturated heterocycles. The summed E-state index contributed by atoms with van der Waals surface area (Å²) in [4.78, 5) is 15.1. The van der Waals surface area contributed by atoms with Gasteiger partial charge in [0.05, 0.1) is 13.2 Å². The monoisotopic (exact) mass is 271 g/mol. The molecule has 5 heteroatoms. The van der Waals surface area contributed by atoms with Gasteiger partial charge in [-0.25, -0.2) is 4.79 Å². The molecule has 0 aliphatic carbocycles. The summed E-state index contributed by atoms with van der Waals surface area (Å²) in [5.74, 6) is -0.571. The van der Waals surface area contributed by atoms with Crippen LogP contribution in [0.1, 0.15) is 40.5 Å². The predicted octanol–water partition coefficient (Wildman–Crippen LogP) is 2.35. The smallest absolute Gasteiger partial charge is 0.328 e. The van der Waals surface area contributed by atoms with Crippen LogP contribution in [0.5, 0.6) is 0 Å². The molecule has 1 aliphatic heterocycles. The topological polar surface area (TPSA) is 68.1 Å². The van der Waals surface area contributed by atoms with Crippen molar-refractivity contribution in [3.8, 4) is 0 Å². The van der Waals surface area contributed by atoms with Crippen molar-refractivity contribution < 1.29 is 19.4 Å². The number of carbonyl (C=O) groups is 1. The Kier molecular flexibility index (Phi) is 5.94. The summed E-state index contributed by atoms with van der Waals surface area (Å²) in [6.45, 7) is 9.45. The molecular formula is C14H25NO4. The SMILES string of the molecule is CC(C)C[C@H](N=CCC1OCC(C)(C)CO1)C(=O)O. The molecule has 0 bridgehead atoms. The molecule has 0 aromatic carbocycles. The molecule has 0 amide bonds. The molecule has 1 rings (SSSR count). The van der Waals surface area contributed by atoms with E-state index in [9.17, 15) is 4.79 Å². The van der Waals surface area contributed by atoms with Crippen LogP contribution >= 0.6 is 0 Å². The van der Waals surface area contributed by atoms with Gasteiger partial charge in [0.25, 0.3) is 0 Å². The Labute approximate surface area is 115 Å². The van der Waals surface area contributed by atoms with Gasteiger partial charge in [0.15, 0.2) is 6.29 Å². The van der Waals surface area contributed by atoms with E-state index in [-0.39, 0.29) is 11.7 Å². The van der Waals surface area contributed by atoms with Crippen molar-refractivity contribution in [3.05, 3.63) is 0 Å².